The van der Waals surface area contributed by atoms with Crippen LogP contribution in [0, 0.1) is 17.2 Å². The monoisotopic (exact) mass is 187 g/mol. The van der Waals surface area contributed by atoms with Gasteiger partial charge in [0.05, 0.1) is 6.07 Å². The quantitative estimate of drug-likeness (QED) is 0.661. The van der Waals surface area contributed by atoms with Crippen LogP contribution < -0.4 is 0 Å². The molecule has 2 nitrogen and oxygen atoms in total. The van der Waals surface area contributed by atoms with Crippen LogP contribution in [0.25, 0.3) is 0 Å². The van der Waals surface area contributed by atoms with Crippen LogP contribution in [0.3, 0.4) is 0 Å². The maximum Gasteiger partial charge on any atom is 0.0634 e. The molecule has 3 heteroatoms. The second-order valence-corrected chi connectivity index (χ2v) is 5.13. The number of rotatable bonds is 5. The molecule has 12 heavy (non-hydrogen) atoms. The molecule has 0 N–H and O–H groups in total. The van der Waals surface area contributed by atoms with Gasteiger partial charge in [-0.15, -0.1) is 0 Å². The molecule has 0 aromatic heterocycles. The second-order valence-electron chi connectivity index (χ2n) is 3.23. The third-order valence-electron chi connectivity index (χ3n) is 1.97. The van der Waals surface area contributed by atoms with Crippen LogP contribution in [-0.2, 0) is 10.8 Å². The summed E-state index contributed by atoms with van der Waals surface area (Å²) in [7, 11) is -0.817. The van der Waals surface area contributed by atoms with Gasteiger partial charge in [-0.1, -0.05) is 20.3 Å². The van der Waals surface area contributed by atoms with Crippen molar-refractivity contribution in [2.45, 2.75) is 38.9 Å². The molecular formula is C9H17NOS. The highest BCUT2D eigenvalue weighted by Gasteiger charge is 2.12. The summed E-state index contributed by atoms with van der Waals surface area (Å²) in [4.78, 5) is 0. The minimum Gasteiger partial charge on any atom is -0.259 e. The van der Waals surface area contributed by atoms with Gasteiger partial charge in [0, 0.05) is 28.2 Å². The largest absolute Gasteiger partial charge is 0.259 e. The van der Waals surface area contributed by atoms with Crippen LogP contribution in [0.2, 0.25) is 0 Å². The van der Waals surface area contributed by atoms with Crippen LogP contribution >= 0.6 is 0 Å². The Labute approximate surface area is 77.4 Å². The number of nitriles is 1. The van der Waals surface area contributed by atoms with E-state index in [4.69, 9.17) is 5.26 Å². The highest BCUT2D eigenvalue weighted by atomic mass is 32.2. The maximum atomic E-state index is 11.5. The van der Waals surface area contributed by atoms with Crippen molar-refractivity contribution in [3.63, 3.8) is 0 Å². The van der Waals surface area contributed by atoms with Gasteiger partial charge in [-0.3, -0.25) is 4.21 Å². The molecule has 0 bridgehead atoms. The molecule has 0 aliphatic rings. The van der Waals surface area contributed by atoms with Crippen molar-refractivity contribution in [1.82, 2.24) is 0 Å². The summed E-state index contributed by atoms with van der Waals surface area (Å²) in [5, 5.41) is 8.42. The molecule has 3 atom stereocenters. The lowest BCUT2D eigenvalue weighted by Gasteiger charge is -2.11. The molecule has 0 aromatic rings. The lowest BCUT2D eigenvalue weighted by molar-refractivity contribution is 0.611. The highest BCUT2D eigenvalue weighted by Crippen LogP contribution is 2.08. The van der Waals surface area contributed by atoms with Crippen LogP contribution in [-0.4, -0.2) is 15.2 Å². The van der Waals surface area contributed by atoms with E-state index < -0.39 is 10.8 Å². The standard InChI is InChI=1S/C9H17NOS/c1-4-8(2)7-12(11)9(3)5-6-10/h8-9H,4-5,7H2,1-3H3. The molecule has 0 aliphatic carbocycles. The molecule has 0 amide bonds. The third-order valence-corrected chi connectivity index (χ3v) is 3.94. The van der Waals surface area contributed by atoms with Gasteiger partial charge >= 0.3 is 0 Å². The van der Waals surface area contributed by atoms with Gasteiger partial charge in [0.2, 0.25) is 0 Å². The maximum absolute atomic E-state index is 11.5. The van der Waals surface area contributed by atoms with Crippen molar-refractivity contribution in [2.75, 3.05) is 5.75 Å². The predicted octanol–water partition coefficient (Wildman–Crippen LogP) is 2.08. The van der Waals surface area contributed by atoms with Gasteiger partial charge in [-0.05, 0) is 12.8 Å². The lowest BCUT2D eigenvalue weighted by atomic mass is 10.2. The molecule has 0 spiro atoms. The average molecular weight is 187 g/mol. The van der Waals surface area contributed by atoms with Crippen LogP contribution in [0.15, 0.2) is 0 Å². The molecule has 0 rings (SSSR count). The summed E-state index contributed by atoms with van der Waals surface area (Å²) in [6, 6.07) is 2.05. The Morgan fingerprint density at radius 3 is 2.50 bits per heavy atom. The molecule has 3 unspecified atom stereocenters. The van der Waals surface area contributed by atoms with Gasteiger partial charge in [0.25, 0.3) is 0 Å². The topological polar surface area (TPSA) is 40.9 Å². The van der Waals surface area contributed by atoms with Crippen molar-refractivity contribution in [3.05, 3.63) is 0 Å². The Balaban J connectivity index is 3.80. The number of hydrogen-bond acceptors (Lipinski definition) is 2. The Hall–Kier alpha value is -0.360. The second kappa shape index (κ2) is 6.19. The summed E-state index contributed by atoms with van der Waals surface area (Å²) >= 11 is 0. The SMILES string of the molecule is CCC(C)CS(=O)C(C)CC#N. The van der Waals surface area contributed by atoms with E-state index in [-0.39, 0.29) is 5.25 Å². The smallest absolute Gasteiger partial charge is 0.0634 e. The van der Waals surface area contributed by atoms with Gasteiger partial charge in [0.15, 0.2) is 0 Å². The van der Waals surface area contributed by atoms with E-state index >= 15 is 0 Å². The first-order chi connectivity index (χ1) is 5.61. The van der Waals surface area contributed by atoms with Gasteiger partial charge in [0.1, 0.15) is 0 Å². The van der Waals surface area contributed by atoms with Gasteiger partial charge in [-0.2, -0.15) is 5.26 Å². The van der Waals surface area contributed by atoms with Crippen molar-refractivity contribution < 1.29 is 4.21 Å². The zero-order valence-electron chi connectivity index (χ0n) is 8.04. The van der Waals surface area contributed by atoms with E-state index in [9.17, 15) is 4.21 Å². The van der Waals surface area contributed by atoms with Crippen molar-refractivity contribution >= 4 is 10.8 Å². The van der Waals surface area contributed by atoms with Crippen molar-refractivity contribution in [3.8, 4) is 6.07 Å². The zero-order valence-corrected chi connectivity index (χ0v) is 8.86. The molecule has 0 radical (unpaired) electrons. The van der Waals surface area contributed by atoms with Crippen molar-refractivity contribution in [2.24, 2.45) is 5.92 Å². The third kappa shape index (κ3) is 4.50. The van der Waals surface area contributed by atoms with Crippen LogP contribution in [0.4, 0.5) is 0 Å². The van der Waals surface area contributed by atoms with E-state index in [0.717, 1.165) is 12.2 Å². The first-order valence-corrected chi connectivity index (χ1v) is 5.74. The molecule has 70 valence electrons. The van der Waals surface area contributed by atoms with Crippen LogP contribution in [0.1, 0.15) is 33.6 Å². The Morgan fingerprint density at radius 2 is 2.08 bits per heavy atom. The predicted molar refractivity (Wildman–Crippen MR) is 52.2 cm³/mol. The van der Waals surface area contributed by atoms with E-state index in [1.807, 2.05) is 13.0 Å². The molecule has 0 saturated carbocycles. The zero-order chi connectivity index (χ0) is 9.56. The van der Waals surface area contributed by atoms with Gasteiger partial charge in [-0.25, -0.2) is 0 Å². The molecule has 0 aliphatic heterocycles. The Bertz CT molecular complexity index is 185. The van der Waals surface area contributed by atoms with E-state index in [2.05, 4.69) is 13.8 Å². The number of hydrogen-bond donors (Lipinski definition) is 0. The molecular weight excluding hydrogens is 170 g/mol. The van der Waals surface area contributed by atoms with Crippen molar-refractivity contribution in [1.29, 1.82) is 5.26 Å². The molecule has 0 heterocycles. The average Bonchev–Trinajstić information content (AvgIpc) is 2.04. The minimum absolute atomic E-state index is 0.0315. The minimum atomic E-state index is -0.817. The summed E-state index contributed by atoms with van der Waals surface area (Å²) in [5.41, 5.74) is 0. The summed E-state index contributed by atoms with van der Waals surface area (Å²) in [6.45, 7) is 6.07. The normalized spacial score (nSPS) is 17.8. The number of nitrogens with zero attached hydrogens (tertiary/aromatic N) is 1. The fourth-order valence-corrected chi connectivity index (χ4v) is 2.17. The first kappa shape index (κ1) is 11.6. The molecule has 0 aromatic carbocycles. The first-order valence-electron chi connectivity index (χ1n) is 4.35. The molecule has 0 saturated heterocycles. The molecule has 0 fully saturated rings. The summed E-state index contributed by atoms with van der Waals surface area (Å²) in [5.74, 6) is 1.24. The van der Waals surface area contributed by atoms with E-state index in [1.54, 1.807) is 0 Å². The Kier molecular flexibility index (Phi) is 6.00. The van der Waals surface area contributed by atoms with Gasteiger partial charge < -0.3 is 0 Å². The van der Waals surface area contributed by atoms with E-state index in [0.29, 0.717) is 12.3 Å². The highest BCUT2D eigenvalue weighted by molar-refractivity contribution is 7.85. The summed E-state index contributed by atoms with van der Waals surface area (Å²) in [6.07, 6.45) is 1.47. The fourth-order valence-electron chi connectivity index (χ4n) is 0.784. The Morgan fingerprint density at radius 1 is 1.50 bits per heavy atom. The summed E-state index contributed by atoms with van der Waals surface area (Å²) < 4.78 is 11.5. The lowest BCUT2D eigenvalue weighted by Crippen LogP contribution is -2.17. The van der Waals surface area contributed by atoms with Crippen LogP contribution in [0.5, 0.6) is 0 Å². The fraction of sp³-hybridized carbons (Fsp3) is 0.889. The van der Waals surface area contributed by atoms with E-state index in [1.165, 1.54) is 0 Å².